The Balaban J connectivity index is 0.00000225. The van der Waals surface area contributed by atoms with E-state index in [1.54, 1.807) is 6.26 Å². The average molecular weight is 502 g/mol. The van der Waals surface area contributed by atoms with Gasteiger partial charge in [-0.2, -0.15) is 0 Å². The van der Waals surface area contributed by atoms with Crippen molar-refractivity contribution < 1.29 is 13.9 Å². The van der Waals surface area contributed by atoms with Crippen LogP contribution in [0.1, 0.15) is 37.9 Å². The van der Waals surface area contributed by atoms with E-state index in [0.717, 1.165) is 76.6 Å². The molecule has 0 aromatic carbocycles. The molecule has 4 heterocycles. The van der Waals surface area contributed by atoms with E-state index >= 15 is 0 Å². The van der Waals surface area contributed by atoms with Gasteiger partial charge in [0, 0.05) is 51.0 Å². The summed E-state index contributed by atoms with van der Waals surface area (Å²) in [4.78, 5) is 19.0. The highest BCUT2D eigenvalue weighted by atomic mass is 127. The highest BCUT2D eigenvalue weighted by Crippen LogP contribution is 2.36. The molecular weight excluding hydrogens is 471 g/mol. The Morgan fingerprint density at radius 3 is 3.07 bits per heavy atom. The smallest absolute Gasteiger partial charge is 0.220 e. The number of carbonyl (C=O) groups is 1. The zero-order valence-electron chi connectivity index (χ0n) is 16.3. The highest BCUT2D eigenvalue weighted by Gasteiger charge is 2.42. The van der Waals surface area contributed by atoms with Gasteiger partial charge in [0.1, 0.15) is 5.76 Å². The molecular formula is C20H31IN4O3. The van der Waals surface area contributed by atoms with Crippen molar-refractivity contribution in [2.45, 2.75) is 44.6 Å². The molecule has 3 saturated heterocycles. The number of nitrogens with one attached hydrogen (secondary N) is 2. The van der Waals surface area contributed by atoms with Gasteiger partial charge in [-0.25, -0.2) is 0 Å². The summed E-state index contributed by atoms with van der Waals surface area (Å²) >= 11 is 0. The minimum Gasteiger partial charge on any atom is -0.469 e. The zero-order chi connectivity index (χ0) is 18.5. The van der Waals surface area contributed by atoms with Crippen LogP contribution in [0.15, 0.2) is 27.8 Å². The zero-order valence-corrected chi connectivity index (χ0v) is 18.7. The molecule has 4 rings (SSSR count). The number of halogens is 1. The number of piperidine rings is 1. The molecule has 156 valence electrons. The Kier molecular flexibility index (Phi) is 7.62. The third-order valence-electron chi connectivity index (χ3n) is 5.86. The third-order valence-corrected chi connectivity index (χ3v) is 5.86. The second kappa shape index (κ2) is 9.96. The summed E-state index contributed by atoms with van der Waals surface area (Å²) in [6.07, 6.45) is 7.81. The number of carbonyl (C=O) groups excluding carboxylic acids is 1. The van der Waals surface area contributed by atoms with Gasteiger partial charge in [-0.1, -0.05) is 0 Å². The van der Waals surface area contributed by atoms with Crippen molar-refractivity contribution in [3.8, 4) is 0 Å². The van der Waals surface area contributed by atoms with Crippen molar-refractivity contribution in [2.75, 3.05) is 39.3 Å². The Bertz CT molecular complexity index is 660. The maximum atomic E-state index is 11.8. The fourth-order valence-corrected chi connectivity index (χ4v) is 4.43. The minimum atomic E-state index is 0. The van der Waals surface area contributed by atoms with Crippen molar-refractivity contribution >= 4 is 35.8 Å². The standard InChI is InChI=1S/C20H30N4O3.HI/c25-18-12-20(14-23-18)7-3-9-24(15-20)19(22-13-17-5-2-11-27-17)21-8-6-16-4-1-10-26-16;/h1,4,10,17H,2-3,5-9,11-15H2,(H,21,22)(H,23,25);1H. The van der Waals surface area contributed by atoms with Gasteiger partial charge in [0.15, 0.2) is 5.96 Å². The van der Waals surface area contributed by atoms with Crippen LogP contribution in [-0.4, -0.2) is 62.2 Å². The maximum Gasteiger partial charge on any atom is 0.220 e. The number of hydrogen-bond acceptors (Lipinski definition) is 4. The summed E-state index contributed by atoms with van der Waals surface area (Å²) in [5, 5.41) is 6.54. The lowest BCUT2D eigenvalue weighted by molar-refractivity contribution is -0.119. The molecule has 28 heavy (non-hydrogen) atoms. The van der Waals surface area contributed by atoms with Gasteiger partial charge in [-0.05, 0) is 37.8 Å². The first-order valence-electron chi connectivity index (χ1n) is 10.2. The molecule has 1 aromatic heterocycles. The molecule has 7 nitrogen and oxygen atoms in total. The van der Waals surface area contributed by atoms with Gasteiger partial charge in [0.25, 0.3) is 0 Å². The fraction of sp³-hybridized carbons (Fsp3) is 0.700. The molecule has 1 spiro atoms. The number of rotatable bonds is 5. The Hall–Kier alpha value is -1.29. The molecule has 2 N–H and O–H groups in total. The monoisotopic (exact) mass is 502 g/mol. The van der Waals surface area contributed by atoms with Crippen LogP contribution in [0.2, 0.25) is 0 Å². The molecule has 3 fully saturated rings. The van der Waals surface area contributed by atoms with Crippen LogP contribution >= 0.6 is 24.0 Å². The summed E-state index contributed by atoms with van der Waals surface area (Å²) < 4.78 is 11.2. The van der Waals surface area contributed by atoms with Crippen molar-refractivity contribution in [3.63, 3.8) is 0 Å². The highest BCUT2D eigenvalue weighted by molar-refractivity contribution is 14.0. The van der Waals surface area contributed by atoms with Gasteiger partial charge in [0.05, 0.1) is 18.9 Å². The van der Waals surface area contributed by atoms with Crippen LogP contribution in [0.4, 0.5) is 0 Å². The lowest BCUT2D eigenvalue weighted by atomic mass is 9.79. The summed E-state index contributed by atoms with van der Waals surface area (Å²) in [6, 6.07) is 3.91. The van der Waals surface area contributed by atoms with E-state index in [2.05, 4.69) is 15.5 Å². The van der Waals surface area contributed by atoms with Gasteiger partial charge in [-0.15, -0.1) is 24.0 Å². The topological polar surface area (TPSA) is 79.1 Å². The third kappa shape index (κ3) is 5.40. The number of guanidine groups is 1. The normalized spacial score (nSPS) is 27.7. The maximum absolute atomic E-state index is 11.8. The lowest BCUT2D eigenvalue weighted by Crippen LogP contribution is -2.51. The van der Waals surface area contributed by atoms with Crippen LogP contribution in [0.25, 0.3) is 0 Å². The number of nitrogens with zero attached hydrogens (tertiary/aromatic N) is 2. The number of hydrogen-bond donors (Lipinski definition) is 2. The predicted octanol–water partition coefficient (Wildman–Crippen LogP) is 2.17. The molecule has 0 aliphatic carbocycles. The first-order chi connectivity index (χ1) is 13.2. The van der Waals surface area contributed by atoms with E-state index < -0.39 is 0 Å². The second-order valence-electron chi connectivity index (χ2n) is 8.03. The van der Waals surface area contributed by atoms with Crippen molar-refractivity contribution in [1.82, 2.24) is 15.5 Å². The molecule has 0 radical (unpaired) electrons. The molecule has 2 unspecified atom stereocenters. The summed E-state index contributed by atoms with van der Waals surface area (Å²) in [6.45, 7) is 4.97. The first kappa shape index (κ1) is 21.4. The van der Waals surface area contributed by atoms with Crippen LogP contribution < -0.4 is 10.6 Å². The number of aliphatic imine (C=N–C) groups is 1. The summed E-state index contributed by atoms with van der Waals surface area (Å²) in [5.41, 5.74) is 0.0582. The van der Waals surface area contributed by atoms with Crippen molar-refractivity contribution in [3.05, 3.63) is 24.2 Å². The fourth-order valence-electron chi connectivity index (χ4n) is 4.43. The van der Waals surface area contributed by atoms with E-state index in [9.17, 15) is 4.79 Å². The van der Waals surface area contributed by atoms with E-state index in [-0.39, 0.29) is 41.4 Å². The molecule has 3 aliphatic rings. The molecule has 1 aromatic rings. The van der Waals surface area contributed by atoms with Crippen molar-refractivity contribution in [1.29, 1.82) is 0 Å². The Labute approximate surface area is 183 Å². The van der Waals surface area contributed by atoms with E-state index in [1.165, 1.54) is 0 Å². The van der Waals surface area contributed by atoms with Crippen LogP contribution in [0, 0.1) is 5.41 Å². The molecule has 1 amide bonds. The number of likely N-dealkylation sites (tertiary alicyclic amines) is 1. The van der Waals surface area contributed by atoms with Gasteiger partial charge in [-0.3, -0.25) is 9.79 Å². The van der Waals surface area contributed by atoms with E-state index in [0.29, 0.717) is 13.0 Å². The Morgan fingerprint density at radius 1 is 1.43 bits per heavy atom. The predicted molar refractivity (Wildman–Crippen MR) is 118 cm³/mol. The molecule has 8 heteroatoms. The van der Waals surface area contributed by atoms with E-state index in [1.807, 2.05) is 12.1 Å². The number of amides is 1. The van der Waals surface area contributed by atoms with Gasteiger partial charge in [0.2, 0.25) is 5.91 Å². The van der Waals surface area contributed by atoms with Gasteiger partial charge >= 0.3 is 0 Å². The molecule has 3 aliphatic heterocycles. The Morgan fingerprint density at radius 2 is 2.36 bits per heavy atom. The van der Waals surface area contributed by atoms with Crippen LogP contribution in [0.3, 0.4) is 0 Å². The van der Waals surface area contributed by atoms with Crippen molar-refractivity contribution in [2.24, 2.45) is 10.4 Å². The largest absolute Gasteiger partial charge is 0.469 e. The molecule has 0 bridgehead atoms. The molecule has 0 saturated carbocycles. The number of furan rings is 1. The molecule has 2 atom stereocenters. The number of ether oxygens (including phenoxy) is 1. The van der Waals surface area contributed by atoms with Crippen LogP contribution in [-0.2, 0) is 16.0 Å². The SMILES string of the molecule is I.O=C1CC2(CCCN(C(=NCC3CCCO3)NCCc3ccco3)C2)CN1. The first-order valence-corrected chi connectivity index (χ1v) is 10.2. The minimum absolute atomic E-state index is 0. The van der Waals surface area contributed by atoms with Gasteiger partial charge < -0.3 is 24.7 Å². The summed E-state index contributed by atoms with van der Waals surface area (Å²) in [5.74, 6) is 2.10. The summed E-state index contributed by atoms with van der Waals surface area (Å²) in [7, 11) is 0. The van der Waals surface area contributed by atoms with Crippen LogP contribution in [0.5, 0.6) is 0 Å². The average Bonchev–Trinajstić information content (AvgIpc) is 3.42. The quantitative estimate of drug-likeness (QED) is 0.367. The second-order valence-corrected chi connectivity index (χ2v) is 8.03. The lowest BCUT2D eigenvalue weighted by Gasteiger charge is -2.41. The van der Waals surface area contributed by atoms with E-state index in [4.69, 9.17) is 14.1 Å².